The summed E-state index contributed by atoms with van der Waals surface area (Å²) in [6.45, 7) is 9.65. The van der Waals surface area contributed by atoms with Gasteiger partial charge in [0, 0.05) is 12.1 Å². The maximum absolute atomic E-state index is 12.4. The van der Waals surface area contributed by atoms with Gasteiger partial charge in [0.1, 0.15) is 24.0 Å². The first kappa shape index (κ1) is 28.7. The van der Waals surface area contributed by atoms with E-state index in [-0.39, 0.29) is 12.0 Å². The van der Waals surface area contributed by atoms with Gasteiger partial charge in [-0.05, 0) is 83.7 Å². The monoisotopic (exact) mass is 498 g/mol. The van der Waals surface area contributed by atoms with Crippen LogP contribution in [0.4, 0.5) is 4.79 Å². The summed E-state index contributed by atoms with van der Waals surface area (Å²) in [5, 5.41) is 5.47. The fraction of sp³-hybridized carbons (Fsp3) is 0.464. The van der Waals surface area contributed by atoms with Crippen LogP contribution in [0.5, 0.6) is 5.75 Å². The van der Waals surface area contributed by atoms with Crippen LogP contribution in [0.3, 0.4) is 0 Å². The molecule has 196 valence electrons. The maximum atomic E-state index is 12.4. The summed E-state index contributed by atoms with van der Waals surface area (Å²) >= 11 is 0. The lowest BCUT2D eigenvalue weighted by molar-refractivity contribution is -0.150. The van der Waals surface area contributed by atoms with Crippen molar-refractivity contribution >= 4 is 18.0 Å². The van der Waals surface area contributed by atoms with Crippen molar-refractivity contribution in [2.45, 2.75) is 78.2 Å². The molecule has 0 saturated carbocycles. The minimum atomic E-state index is -0.818. The lowest BCUT2D eigenvalue weighted by Crippen LogP contribution is -2.44. The summed E-state index contributed by atoms with van der Waals surface area (Å²) in [7, 11) is 0. The van der Waals surface area contributed by atoms with E-state index in [4.69, 9.17) is 14.2 Å². The number of unbranched alkanes of at least 4 members (excludes halogenated alkanes) is 1. The van der Waals surface area contributed by atoms with Crippen molar-refractivity contribution in [2.24, 2.45) is 0 Å². The highest BCUT2D eigenvalue weighted by molar-refractivity contribution is 5.94. The van der Waals surface area contributed by atoms with Crippen LogP contribution in [0.1, 0.15) is 69.8 Å². The van der Waals surface area contributed by atoms with Gasteiger partial charge < -0.3 is 24.8 Å². The molecular weight excluding hydrogens is 460 g/mol. The van der Waals surface area contributed by atoms with Crippen LogP contribution in [-0.4, -0.2) is 42.3 Å². The molecule has 0 heterocycles. The van der Waals surface area contributed by atoms with E-state index in [1.54, 1.807) is 58.9 Å². The molecule has 0 aliphatic heterocycles. The van der Waals surface area contributed by atoms with Gasteiger partial charge in [-0.15, -0.1) is 0 Å². The zero-order chi connectivity index (χ0) is 26.6. The molecule has 2 amide bonds. The minimum Gasteiger partial charge on any atom is -0.489 e. The first-order valence-electron chi connectivity index (χ1n) is 12.3. The highest BCUT2D eigenvalue weighted by Crippen LogP contribution is 2.15. The topological polar surface area (TPSA) is 103 Å². The molecule has 0 spiro atoms. The molecule has 2 aromatic rings. The number of ether oxygens (including phenoxy) is 3. The molecule has 2 N–H and O–H groups in total. The second-order valence-electron chi connectivity index (χ2n) is 9.73. The van der Waals surface area contributed by atoms with Crippen molar-refractivity contribution in [1.82, 2.24) is 10.6 Å². The zero-order valence-electron chi connectivity index (χ0n) is 21.8. The number of hydrogen-bond donors (Lipinski definition) is 2. The summed E-state index contributed by atoms with van der Waals surface area (Å²) in [6.07, 6.45) is 0.632. The molecule has 0 aliphatic carbocycles. The third-order valence-corrected chi connectivity index (χ3v) is 4.90. The van der Waals surface area contributed by atoms with Gasteiger partial charge in [-0.1, -0.05) is 30.3 Å². The molecule has 8 heteroatoms. The van der Waals surface area contributed by atoms with Crippen molar-refractivity contribution in [1.29, 1.82) is 0 Å². The standard InChI is InChI=1S/C28H38N2O6/c1-20(2)35-26(32)24(30-27(33)36-28(3,4)5)13-9-10-18-29-25(31)22-14-16-23(17-15-22)34-19-21-11-7-6-8-12-21/h6-8,11-12,14-17,20,24H,9-10,13,18-19H2,1-5H3,(H,29,31)(H,30,33)/t24-/m0/s1. The molecule has 0 bridgehead atoms. The Bertz CT molecular complexity index is 968. The molecular formula is C28H38N2O6. The van der Waals surface area contributed by atoms with Crippen molar-refractivity contribution in [2.75, 3.05) is 6.54 Å². The van der Waals surface area contributed by atoms with Crippen LogP contribution in [0, 0.1) is 0 Å². The second-order valence-corrected chi connectivity index (χ2v) is 9.73. The normalized spacial score (nSPS) is 11.9. The van der Waals surface area contributed by atoms with Crippen LogP contribution in [0.15, 0.2) is 54.6 Å². The van der Waals surface area contributed by atoms with Crippen molar-refractivity contribution in [3.63, 3.8) is 0 Å². The van der Waals surface area contributed by atoms with E-state index < -0.39 is 23.7 Å². The number of carbonyl (C=O) groups is 3. The van der Waals surface area contributed by atoms with Crippen LogP contribution in [0.2, 0.25) is 0 Å². The Hall–Kier alpha value is -3.55. The van der Waals surface area contributed by atoms with Crippen molar-refractivity contribution in [3.05, 3.63) is 65.7 Å². The van der Waals surface area contributed by atoms with E-state index in [2.05, 4.69) is 10.6 Å². The van der Waals surface area contributed by atoms with Crippen molar-refractivity contribution < 1.29 is 28.6 Å². The maximum Gasteiger partial charge on any atom is 0.408 e. The smallest absolute Gasteiger partial charge is 0.408 e. The predicted molar refractivity (Wildman–Crippen MR) is 138 cm³/mol. The number of esters is 1. The molecule has 1 atom stereocenters. The summed E-state index contributed by atoms with van der Waals surface area (Å²) in [6, 6.07) is 16.0. The van der Waals surface area contributed by atoms with Crippen LogP contribution >= 0.6 is 0 Å². The third kappa shape index (κ3) is 11.3. The van der Waals surface area contributed by atoms with Gasteiger partial charge >= 0.3 is 12.1 Å². The first-order chi connectivity index (χ1) is 17.0. The predicted octanol–water partition coefficient (Wildman–Crippen LogP) is 5.01. The molecule has 0 saturated heterocycles. The van der Waals surface area contributed by atoms with Gasteiger partial charge in [-0.2, -0.15) is 0 Å². The Morgan fingerprint density at radius 2 is 1.58 bits per heavy atom. The molecule has 36 heavy (non-hydrogen) atoms. The lowest BCUT2D eigenvalue weighted by Gasteiger charge is -2.23. The summed E-state index contributed by atoms with van der Waals surface area (Å²) < 4.78 is 16.3. The van der Waals surface area contributed by atoms with Gasteiger partial charge in [0.15, 0.2) is 0 Å². The van der Waals surface area contributed by atoms with E-state index in [1.165, 1.54) is 0 Å². The van der Waals surface area contributed by atoms with E-state index in [0.29, 0.717) is 43.7 Å². The van der Waals surface area contributed by atoms with Gasteiger partial charge in [0.25, 0.3) is 5.91 Å². The Morgan fingerprint density at radius 1 is 0.917 bits per heavy atom. The molecule has 2 rings (SSSR count). The molecule has 0 aromatic heterocycles. The minimum absolute atomic E-state index is 0.188. The van der Waals surface area contributed by atoms with Crippen LogP contribution in [0.25, 0.3) is 0 Å². The molecule has 0 aliphatic rings. The number of amides is 2. The Kier molecular flexibility index (Phi) is 11.2. The van der Waals surface area contributed by atoms with Gasteiger partial charge in [-0.3, -0.25) is 4.79 Å². The number of alkyl carbamates (subject to hydrolysis) is 1. The summed E-state index contributed by atoms with van der Waals surface area (Å²) in [5.41, 5.74) is 0.931. The highest BCUT2D eigenvalue weighted by Gasteiger charge is 2.25. The molecule has 0 radical (unpaired) electrons. The van der Waals surface area contributed by atoms with E-state index in [0.717, 1.165) is 5.56 Å². The molecule has 0 unspecified atom stereocenters. The van der Waals surface area contributed by atoms with Crippen LogP contribution < -0.4 is 15.4 Å². The van der Waals surface area contributed by atoms with E-state index in [1.807, 2.05) is 30.3 Å². The fourth-order valence-electron chi connectivity index (χ4n) is 3.23. The summed E-state index contributed by atoms with van der Waals surface area (Å²) in [5.74, 6) is -0.00561. The first-order valence-corrected chi connectivity index (χ1v) is 12.3. The average molecular weight is 499 g/mol. The quantitative estimate of drug-likeness (QED) is 0.315. The van der Waals surface area contributed by atoms with Gasteiger partial charge in [0.05, 0.1) is 6.10 Å². The Balaban J connectivity index is 1.76. The van der Waals surface area contributed by atoms with Crippen molar-refractivity contribution in [3.8, 4) is 5.75 Å². The number of nitrogens with one attached hydrogen (secondary N) is 2. The fourth-order valence-corrected chi connectivity index (χ4v) is 3.23. The largest absolute Gasteiger partial charge is 0.489 e. The Labute approximate surface area is 213 Å². The number of hydrogen-bond acceptors (Lipinski definition) is 6. The average Bonchev–Trinajstić information content (AvgIpc) is 2.81. The highest BCUT2D eigenvalue weighted by atomic mass is 16.6. The Morgan fingerprint density at radius 3 is 2.19 bits per heavy atom. The SMILES string of the molecule is CC(C)OC(=O)[C@H](CCCCNC(=O)c1ccc(OCc2ccccc2)cc1)NC(=O)OC(C)(C)C. The molecule has 0 fully saturated rings. The molecule has 8 nitrogen and oxygen atoms in total. The number of rotatable bonds is 12. The van der Waals surface area contributed by atoms with E-state index >= 15 is 0 Å². The molecule has 2 aromatic carbocycles. The van der Waals surface area contributed by atoms with Crippen LogP contribution in [-0.2, 0) is 20.9 Å². The lowest BCUT2D eigenvalue weighted by atomic mass is 10.1. The van der Waals surface area contributed by atoms with Gasteiger partial charge in [-0.25, -0.2) is 9.59 Å². The summed E-state index contributed by atoms with van der Waals surface area (Å²) in [4.78, 5) is 37.0. The number of carbonyl (C=O) groups excluding carboxylic acids is 3. The van der Waals surface area contributed by atoms with E-state index in [9.17, 15) is 14.4 Å². The van der Waals surface area contributed by atoms with Gasteiger partial charge in [0.2, 0.25) is 0 Å². The zero-order valence-corrected chi connectivity index (χ0v) is 21.8. The third-order valence-electron chi connectivity index (χ3n) is 4.90. The second kappa shape index (κ2) is 14.1. The number of benzene rings is 2.